The molecule has 0 amide bonds. The highest BCUT2D eigenvalue weighted by molar-refractivity contribution is 5.94. The van der Waals surface area contributed by atoms with Gasteiger partial charge in [0.1, 0.15) is 11.4 Å². The molecule has 1 unspecified atom stereocenters. The van der Waals surface area contributed by atoms with E-state index in [0.29, 0.717) is 41.4 Å². The van der Waals surface area contributed by atoms with Gasteiger partial charge >= 0.3 is 0 Å². The Morgan fingerprint density at radius 3 is 2.24 bits per heavy atom. The number of ketones is 2. The molecule has 182 valence electrons. The molecule has 0 spiro atoms. The fourth-order valence-electron chi connectivity index (χ4n) is 9.49. The number of hydrogen-bond donors (Lipinski definition) is 1. The molecule has 0 saturated heterocycles. The lowest BCUT2D eigenvalue weighted by Crippen LogP contribution is -2.58. The second-order valence-electron chi connectivity index (χ2n) is 12.6. The maximum atomic E-state index is 12.5. The van der Waals surface area contributed by atoms with Crippen LogP contribution in [0.2, 0.25) is 0 Å². The van der Waals surface area contributed by atoms with Gasteiger partial charge in [0.2, 0.25) is 0 Å². The lowest BCUT2D eigenvalue weighted by Gasteiger charge is -2.63. The molecule has 1 aromatic rings. The van der Waals surface area contributed by atoms with Crippen molar-refractivity contribution in [3.63, 3.8) is 0 Å². The molecule has 4 saturated carbocycles. The molecule has 34 heavy (non-hydrogen) atoms. The summed E-state index contributed by atoms with van der Waals surface area (Å²) < 4.78 is 0. The Morgan fingerprint density at radius 1 is 0.941 bits per heavy atom. The number of Topliss-reactive ketones (excluding diaryl/α,β-unsaturated/α-hetero) is 2. The van der Waals surface area contributed by atoms with Crippen LogP contribution in [0.3, 0.4) is 0 Å². The monoisotopic (exact) mass is 460 g/mol. The number of carbonyl (C=O) groups excluding carboxylic acids is 2. The van der Waals surface area contributed by atoms with Crippen LogP contribution in [0.1, 0.15) is 101 Å². The number of fused-ring (bicyclic) bond motifs is 5. The summed E-state index contributed by atoms with van der Waals surface area (Å²) in [6.07, 6.45) is 14.4. The van der Waals surface area contributed by atoms with E-state index in [0.717, 1.165) is 31.2 Å². The Kier molecular flexibility index (Phi) is 5.64. The first-order valence-electron chi connectivity index (χ1n) is 13.3. The van der Waals surface area contributed by atoms with E-state index in [1.54, 1.807) is 13.8 Å². The van der Waals surface area contributed by atoms with E-state index in [9.17, 15) is 14.7 Å². The van der Waals surface area contributed by atoms with Gasteiger partial charge in [-0.15, -0.1) is 6.42 Å². The number of hydrogen-bond acceptors (Lipinski definition) is 3. The Hall–Kier alpha value is -1.92. The summed E-state index contributed by atoms with van der Waals surface area (Å²) in [5.74, 6) is 5.70. The predicted octanol–water partition coefficient (Wildman–Crippen LogP) is 6.19. The fraction of sp³-hybridized carbons (Fsp3) is 0.677. The van der Waals surface area contributed by atoms with Crippen molar-refractivity contribution in [3.8, 4) is 12.3 Å². The van der Waals surface area contributed by atoms with Crippen LogP contribution in [-0.2, 0) is 4.79 Å². The van der Waals surface area contributed by atoms with Gasteiger partial charge in [0.15, 0.2) is 5.78 Å². The van der Waals surface area contributed by atoms with Crippen molar-refractivity contribution in [2.24, 2.45) is 40.4 Å². The van der Waals surface area contributed by atoms with Gasteiger partial charge in [-0.2, -0.15) is 0 Å². The lowest BCUT2D eigenvalue weighted by molar-refractivity contribution is -0.149. The van der Waals surface area contributed by atoms with Crippen molar-refractivity contribution in [3.05, 3.63) is 35.4 Å². The molecule has 0 radical (unpaired) electrons. The molecule has 1 aromatic carbocycles. The molecular weight excluding hydrogens is 420 g/mol. The molecule has 0 aromatic heterocycles. The fourth-order valence-corrected chi connectivity index (χ4v) is 9.49. The van der Waals surface area contributed by atoms with Crippen LogP contribution < -0.4 is 0 Å². The van der Waals surface area contributed by atoms with Gasteiger partial charge in [0.25, 0.3) is 0 Å². The third kappa shape index (κ3) is 3.35. The van der Waals surface area contributed by atoms with Gasteiger partial charge in [-0.25, -0.2) is 0 Å². The normalized spacial score (nSPS) is 45.4. The summed E-state index contributed by atoms with van der Waals surface area (Å²) in [6.45, 7) is 8.25. The molecule has 0 aliphatic heterocycles. The topological polar surface area (TPSA) is 54.4 Å². The minimum absolute atomic E-state index is 0.0511. The van der Waals surface area contributed by atoms with Gasteiger partial charge in [-0.05, 0) is 105 Å². The highest BCUT2D eigenvalue weighted by Gasteiger charge is 2.63. The van der Waals surface area contributed by atoms with Crippen molar-refractivity contribution < 1.29 is 14.7 Å². The molecule has 4 aliphatic rings. The van der Waals surface area contributed by atoms with Crippen LogP contribution in [0, 0.1) is 52.8 Å². The SMILES string of the molecule is C#C[C@@]1(O)C[C@H]2CC[C@@H]3[C@H](CC[C@]4(C)[C@@H](C(C)=O)CC[C@@H]34)[C@@]2(C)CC1c1ccc(C(C)=O)cc1. The molecule has 4 aliphatic carbocycles. The quantitative estimate of drug-likeness (QED) is 0.432. The number of terminal acetylenes is 1. The zero-order chi connectivity index (χ0) is 24.5. The highest BCUT2D eigenvalue weighted by atomic mass is 16.3. The Bertz CT molecular complexity index is 1030. The zero-order valence-electron chi connectivity index (χ0n) is 21.3. The summed E-state index contributed by atoms with van der Waals surface area (Å²) in [6, 6.07) is 7.75. The van der Waals surface area contributed by atoms with Gasteiger partial charge in [0, 0.05) is 17.4 Å². The van der Waals surface area contributed by atoms with Gasteiger partial charge in [0.05, 0.1) is 0 Å². The number of aliphatic hydroxyl groups is 1. The summed E-state index contributed by atoms with van der Waals surface area (Å²) in [7, 11) is 0. The third-order valence-corrected chi connectivity index (χ3v) is 11.3. The van der Waals surface area contributed by atoms with E-state index in [1.807, 2.05) is 24.3 Å². The maximum absolute atomic E-state index is 12.5. The first kappa shape index (κ1) is 23.8. The maximum Gasteiger partial charge on any atom is 0.159 e. The Labute approximate surface area is 205 Å². The van der Waals surface area contributed by atoms with Crippen molar-refractivity contribution in [2.45, 2.75) is 90.6 Å². The number of carbonyl (C=O) groups is 2. The number of benzene rings is 1. The second-order valence-corrected chi connectivity index (χ2v) is 12.6. The first-order chi connectivity index (χ1) is 16.0. The minimum Gasteiger partial charge on any atom is -0.377 e. The van der Waals surface area contributed by atoms with Crippen LogP contribution in [0.25, 0.3) is 0 Å². The van der Waals surface area contributed by atoms with E-state index in [-0.39, 0.29) is 28.4 Å². The highest BCUT2D eigenvalue weighted by Crippen LogP contribution is 2.69. The standard InChI is InChI=1S/C31H40O3/c1-6-31(34)17-23-11-12-24-26-14-13-25(20(3)33)29(26,4)16-15-27(24)30(23,5)18-28(31)22-9-7-21(8-10-22)19(2)32/h1,7-10,23-28,34H,11-18H2,2-5H3/t23-,24+,25-,26+,27+,28?,29-,30+,31-/m1/s1. The average Bonchev–Trinajstić information content (AvgIpc) is 3.17. The van der Waals surface area contributed by atoms with Crippen molar-refractivity contribution in [1.29, 1.82) is 0 Å². The predicted molar refractivity (Wildman–Crippen MR) is 134 cm³/mol. The lowest BCUT2D eigenvalue weighted by atomic mass is 9.42. The van der Waals surface area contributed by atoms with Gasteiger partial charge in [-0.1, -0.05) is 44.0 Å². The molecule has 5 rings (SSSR count). The molecular formula is C31H40O3. The third-order valence-electron chi connectivity index (χ3n) is 11.3. The van der Waals surface area contributed by atoms with E-state index in [2.05, 4.69) is 19.8 Å². The molecule has 9 atom stereocenters. The van der Waals surface area contributed by atoms with E-state index in [1.165, 1.54) is 19.3 Å². The van der Waals surface area contributed by atoms with Crippen LogP contribution in [0.5, 0.6) is 0 Å². The minimum atomic E-state index is -1.15. The van der Waals surface area contributed by atoms with Crippen molar-refractivity contribution in [1.82, 2.24) is 0 Å². The summed E-state index contributed by atoms with van der Waals surface area (Å²) in [4.78, 5) is 24.3. The molecule has 1 N–H and O–H groups in total. The number of rotatable bonds is 3. The molecule has 3 heteroatoms. The van der Waals surface area contributed by atoms with Crippen LogP contribution in [0.15, 0.2) is 24.3 Å². The molecule has 0 heterocycles. The summed E-state index contributed by atoms with van der Waals surface area (Å²) >= 11 is 0. The summed E-state index contributed by atoms with van der Waals surface area (Å²) in [5.41, 5.74) is 0.881. The zero-order valence-corrected chi connectivity index (χ0v) is 21.3. The van der Waals surface area contributed by atoms with E-state index >= 15 is 0 Å². The Balaban J connectivity index is 1.48. The molecule has 3 nitrogen and oxygen atoms in total. The van der Waals surface area contributed by atoms with Crippen LogP contribution in [0.4, 0.5) is 0 Å². The summed E-state index contributed by atoms with van der Waals surface area (Å²) in [5, 5.41) is 11.7. The molecule has 4 fully saturated rings. The second kappa shape index (κ2) is 8.06. The van der Waals surface area contributed by atoms with Gasteiger partial charge < -0.3 is 5.11 Å². The van der Waals surface area contributed by atoms with Crippen molar-refractivity contribution >= 4 is 11.6 Å². The van der Waals surface area contributed by atoms with E-state index in [4.69, 9.17) is 6.42 Å². The smallest absolute Gasteiger partial charge is 0.159 e. The van der Waals surface area contributed by atoms with Crippen LogP contribution >= 0.6 is 0 Å². The van der Waals surface area contributed by atoms with Gasteiger partial charge in [-0.3, -0.25) is 9.59 Å². The van der Waals surface area contributed by atoms with E-state index < -0.39 is 5.60 Å². The molecule has 0 bridgehead atoms. The van der Waals surface area contributed by atoms with Crippen molar-refractivity contribution in [2.75, 3.05) is 0 Å². The first-order valence-corrected chi connectivity index (χ1v) is 13.3. The van der Waals surface area contributed by atoms with Crippen LogP contribution in [-0.4, -0.2) is 22.3 Å². The average molecular weight is 461 g/mol. The largest absolute Gasteiger partial charge is 0.377 e. The Morgan fingerprint density at radius 2 is 1.62 bits per heavy atom.